The predicted molar refractivity (Wildman–Crippen MR) is 38.6 cm³/mol. The van der Waals surface area contributed by atoms with Gasteiger partial charge in [-0.05, 0) is 6.92 Å². The molecule has 9 heavy (non-hydrogen) atoms. The molecule has 0 saturated carbocycles. The normalized spacial score (nSPS) is 8.89. The second kappa shape index (κ2) is 6.96. The fraction of sp³-hybridized carbons (Fsp3) is 0.625. The minimum atomic E-state index is 0. The average molecular weight is 200 g/mol. The van der Waals surface area contributed by atoms with Gasteiger partial charge in [0, 0.05) is 32.7 Å². The van der Waals surface area contributed by atoms with Gasteiger partial charge in [-0.25, -0.2) is 0 Å². The van der Waals surface area contributed by atoms with Gasteiger partial charge < -0.3 is 5.92 Å². The van der Waals surface area contributed by atoms with Gasteiger partial charge >= 0.3 is 0 Å². The number of hydrogen-bond acceptors (Lipinski definition) is 0. The largest absolute Gasteiger partial charge is 0.313 e. The van der Waals surface area contributed by atoms with Crippen molar-refractivity contribution >= 4 is 0 Å². The fourth-order valence-corrected chi connectivity index (χ4v) is 0.640. The summed E-state index contributed by atoms with van der Waals surface area (Å²) >= 11 is 0. The van der Waals surface area contributed by atoms with Crippen molar-refractivity contribution in [1.29, 1.82) is 0 Å². The molecule has 0 nitrogen and oxygen atoms in total. The zero-order chi connectivity index (χ0) is 6.57. The van der Waals surface area contributed by atoms with Crippen LogP contribution >= 0.6 is 0 Å². The summed E-state index contributed by atoms with van der Waals surface area (Å²) in [7, 11) is 0. The van der Waals surface area contributed by atoms with E-state index in [2.05, 4.69) is 27.4 Å². The van der Waals surface area contributed by atoms with Crippen molar-refractivity contribution in [2.75, 3.05) is 0 Å². The summed E-state index contributed by atoms with van der Waals surface area (Å²) in [6.45, 7) is 10.2. The van der Waals surface area contributed by atoms with Crippen molar-refractivity contribution in [1.82, 2.24) is 0 Å². The van der Waals surface area contributed by atoms with Crippen LogP contribution in [0.25, 0.3) is 0 Å². The molecule has 0 fully saturated rings. The first-order valence-electron chi connectivity index (χ1n) is 3.12. The third-order valence-electron chi connectivity index (χ3n) is 1.21. The third kappa shape index (κ3) is 8.84. The molecule has 0 spiro atoms. The number of allylic oxidation sites excluding steroid dienone is 1. The van der Waals surface area contributed by atoms with Gasteiger partial charge in [0.05, 0.1) is 0 Å². The van der Waals surface area contributed by atoms with Gasteiger partial charge in [0.25, 0.3) is 0 Å². The summed E-state index contributed by atoms with van der Waals surface area (Å²) in [5.41, 5.74) is 1.27. The van der Waals surface area contributed by atoms with Crippen LogP contribution in [0.2, 0.25) is 0 Å². The van der Waals surface area contributed by atoms with Gasteiger partial charge in [-0.3, -0.25) is 0 Å². The summed E-state index contributed by atoms with van der Waals surface area (Å²) in [5.74, 6) is 1.53. The minimum absolute atomic E-state index is 0. The van der Waals surface area contributed by atoms with E-state index in [-0.39, 0.29) is 32.7 Å². The van der Waals surface area contributed by atoms with Crippen LogP contribution in [0.3, 0.4) is 0 Å². The average Bonchev–Trinajstić information content (AvgIpc) is 1.65. The van der Waals surface area contributed by atoms with Crippen molar-refractivity contribution < 1.29 is 32.7 Å². The minimum Gasteiger partial charge on any atom is -0.313 e. The Kier molecular flexibility index (Phi) is 9.67. The molecular formula is C8H15Y-. The second-order valence-corrected chi connectivity index (χ2v) is 2.44. The van der Waals surface area contributed by atoms with Gasteiger partial charge in [-0.1, -0.05) is 6.92 Å². The second-order valence-electron chi connectivity index (χ2n) is 2.44. The van der Waals surface area contributed by atoms with Crippen molar-refractivity contribution in [2.24, 2.45) is 0 Å². The Labute approximate surface area is 84.0 Å². The van der Waals surface area contributed by atoms with Crippen molar-refractivity contribution in [3.8, 4) is 0 Å². The van der Waals surface area contributed by atoms with E-state index in [4.69, 9.17) is 0 Å². The maximum Gasteiger partial charge on any atom is 0 e. The first-order chi connectivity index (χ1) is 3.66. The Hall–Kier alpha value is 0.844. The Balaban J connectivity index is 0. The molecule has 51 valence electrons. The van der Waals surface area contributed by atoms with Crippen LogP contribution in [0.15, 0.2) is 12.2 Å². The van der Waals surface area contributed by atoms with E-state index in [9.17, 15) is 0 Å². The molecule has 0 aromatic carbocycles. The van der Waals surface area contributed by atoms with Crippen LogP contribution in [0.1, 0.15) is 33.6 Å². The molecule has 0 aliphatic rings. The standard InChI is InChI=1S/C8H15.Y/c1-5-8(4)6-7(2)3;/h2,5-6H2,1,3-4H3;/q-1;. The molecule has 0 saturated heterocycles. The molecule has 0 amide bonds. The molecule has 0 N–H and O–H groups in total. The van der Waals surface area contributed by atoms with E-state index >= 15 is 0 Å². The summed E-state index contributed by atoms with van der Waals surface area (Å²) in [6, 6.07) is 0. The first kappa shape index (κ1) is 12.5. The zero-order valence-electron chi connectivity index (χ0n) is 6.70. The van der Waals surface area contributed by atoms with Gasteiger partial charge in [0.1, 0.15) is 0 Å². The van der Waals surface area contributed by atoms with E-state index in [0.29, 0.717) is 0 Å². The molecule has 0 aromatic rings. The Morgan fingerprint density at radius 2 is 2.00 bits per heavy atom. The smallest absolute Gasteiger partial charge is 0 e. The van der Waals surface area contributed by atoms with E-state index in [1.165, 1.54) is 17.9 Å². The van der Waals surface area contributed by atoms with Gasteiger partial charge in [-0.2, -0.15) is 19.8 Å². The maximum absolute atomic E-state index is 3.82. The number of hydrogen-bond donors (Lipinski definition) is 0. The van der Waals surface area contributed by atoms with Crippen molar-refractivity contribution in [3.05, 3.63) is 18.1 Å². The SMILES string of the molecule is C=C(C)C[C-](C)CC.[Y]. The summed E-state index contributed by atoms with van der Waals surface area (Å²) in [4.78, 5) is 0. The fourth-order valence-electron chi connectivity index (χ4n) is 0.640. The number of rotatable bonds is 3. The van der Waals surface area contributed by atoms with Crippen LogP contribution in [0.4, 0.5) is 0 Å². The summed E-state index contributed by atoms with van der Waals surface area (Å²) in [6.07, 6.45) is 2.30. The van der Waals surface area contributed by atoms with Crippen molar-refractivity contribution in [3.63, 3.8) is 0 Å². The molecular weight excluding hydrogens is 185 g/mol. The third-order valence-corrected chi connectivity index (χ3v) is 1.21. The van der Waals surface area contributed by atoms with Crippen LogP contribution in [-0.2, 0) is 32.7 Å². The molecule has 0 rings (SSSR count). The molecule has 0 aromatic heterocycles. The van der Waals surface area contributed by atoms with E-state index in [1.54, 1.807) is 0 Å². The van der Waals surface area contributed by atoms with Crippen LogP contribution in [-0.4, -0.2) is 0 Å². The maximum atomic E-state index is 3.82. The van der Waals surface area contributed by atoms with Crippen molar-refractivity contribution in [2.45, 2.75) is 33.6 Å². The van der Waals surface area contributed by atoms with Crippen LogP contribution in [0, 0.1) is 5.92 Å². The Morgan fingerprint density at radius 3 is 2.11 bits per heavy atom. The molecule has 0 heterocycles. The Bertz CT molecular complexity index is 76.6. The molecule has 1 heteroatoms. The van der Waals surface area contributed by atoms with E-state index in [0.717, 1.165) is 6.42 Å². The Morgan fingerprint density at radius 1 is 1.56 bits per heavy atom. The topological polar surface area (TPSA) is 0 Å². The molecule has 1 radical (unpaired) electrons. The monoisotopic (exact) mass is 200 g/mol. The van der Waals surface area contributed by atoms with E-state index in [1.807, 2.05) is 0 Å². The van der Waals surface area contributed by atoms with Gasteiger partial charge in [0.2, 0.25) is 0 Å². The quantitative estimate of drug-likeness (QED) is 0.485. The molecule has 0 bridgehead atoms. The van der Waals surface area contributed by atoms with Gasteiger partial charge in [-0.15, -0.1) is 12.2 Å². The molecule has 0 unspecified atom stereocenters. The summed E-state index contributed by atoms with van der Waals surface area (Å²) in [5, 5.41) is 0. The molecule has 0 atom stereocenters. The zero-order valence-corrected chi connectivity index (χ0v) is 9.54. The molecule has 0 aliphatic carbocycles. The first-order valence-corrected chi connectivity index (χ1v) is 3.12. The molecule has 0 aliphatic heterocycles. The van der Waals surface area contributed by atoms with Gasteiger partial charge in [0.15, 0.2) is 0 Å². The summed E-state index contributed by atoms with van der Waals surface area (Å²) < 4.78 is 0. The van der Waals surface area contributed by atoms with Crippen LogP contribution in [0.5, 0.6) is 0 Å². The van der Waals surface area contributed by atoms with E-state index < -0.39 is 0 Å². The van der Waals surface area contributed by atoms with Crippen LogP contribution < -0.4 is 0 Å². The predicted octanol–water partition coefficient (Wildman–Crippen LogP) is 2.95.